The van der Waals surface area contributed by atoms with Crippen LogP contribution in [0.25, 0.3) is 6.08 Å². The number of nitro groups is 2. The van der Waals surface area contributed by atoms with Gasteiger partial charge in [0.25, 0.3) is 17.3 Å². The van der Waals surface area contributed by atoms with Gasteiger partial charge in [-0.25, -0.2) is 0 Å². The molecule has 1 heterocycles. The highest BCUT2D eigenvalue weighted by atomic mass is 32.2. The van der Waals surface area contributed by atoms with Crippen LogP contribution in [-0.2, 0) is 14.9 Å². The van der Waals surface area contributed by atoms with Crippen LogP contribution in [-0.4, -0.2) is 28.5 Å². The molecule has 0 spiro atoms. The number of nitrogens with zero attached hydrogens (tertiary/aromatic N) is 3. The summed E-state index contributed by atoms with van der Waals surface area (Å²) in [7, 11) is -4.33. The first-order valence-electron chi connectivity index (χ1n) is 10.3. The number of rotatable bonds is 7. The SMILES string of the molecule is Cc1ccc(S(=O)(=O)Oc2ccc(/C=C3/SC(=S)N(c4ccc([N+](=O)[O-])cc4)C3=O)cc2)cc1[N+](=O)[O-]. The number of non-ortho nitro benzene ring substituents is 1. The second-order valence-electron chi connectivity index (χ2n) is 7.60. The molecule has 0 unspecified atom stereocenters. The van der Waals surface area contributed by atoms with Crippen molar-refractivity contribution < 1.29 is 27.2 Å². The number of amides is 1. The monoisotopic (exact) mass is 557 g/mol. The summed E-state index contributed by atoms with van der Waals surface area (Å²) in [5.41, 5.74) is 0.801. The highest BCUT2D eigenvalue weighted by Gasteiger charge is 2.33. The van der Waals surface area contributed by atoms with Crippen molar-refractivity contribution in [3.63, 3.8) is 0 Å². The molecule has 4 rings (SSSR count). The van der Waals surface area contributed by atoms with Crippen LogP contribution in [0.3, 0.4) is 0 Å². The van der Waals surface area contributed by atoms with Gasteiger partial charge in [0.2, 0.25) is 0 Å². The fourth-order valence-electron chi connectivity index (χ4n) is 3.30. The van der Waals surface area contributed by atoms with Gasteiger partial charge < -0.3 is 4.18 Å². The molecule has 0 radical (unpaired) electrons. The fourth-order valence-corrected chi connectivity index (χ4v) is 5.55. The molecule has 0 atom stereocenters. The summed E-state index contributed by atoms with van der Waals surface area (Å²) in [5.74, 6) is -0.438. The number of nitro benzene ring substituents is 2. The molecule has 188 valence electrons. The Morgan fingerprint density at radius 2 is 1.62 bits per heavy atom. The summed E-state index contributed by atoms with van der Waals surface area (Å²) >= 11 is 6.35. The van der Waals surface area contributed by atoms with Crippen LogP contribution in [0.4, 0.5) is 17.1 Å². The molecule has 3 aromatic carbocycles. The number of carbonyl (C=O) groups excluding carboxylic acids is 1. The van der Waals surface area contributed by atoms with Crippen LogP contribution in [0.5, 0.6) is 5.75 Å². The molecule has 1 aliphatic rings. The van der Waals surface area contributed by atoms with Gasteiger partial charge in [-0.1, -0.05) is 42.2 Å². The number of hydrogen-bond acceptors (Lipinski definition) is 10. The molecule has 37 heavy (non-hydrogen) atoms. The molecule has 1 fully saturated rings. The van der Waals surface area contributed by atoms with E-state index in [1.165, 1.54) is 72.5 Å². The van der Waals surface area contributed by atoms with Gasteiger partial charge in [0.05, 0.1) is 20.4 Å². The third-order valence-corrected chi connectivity index (χ3v) is 7.71. The third kappa shape index (κ3) is 5.50. The number of carbonyl (C=O) groups is 1. The van der Waals surface area contributed by atoms with E-state index in [2.05, 4.69) is 0 Å². The van der Waals surface area contributed by atoms with Crippen molar-refractivity contribution >= 4 is 67.5 Å². The van der Waals surface area contributed by atoms with Crippen molar-refractivity contribution in [2.75, 3.05) is 4.90 Å². The van der Waals surface area contributed by atoms with Crippen LogP contribution in [0.2, 0.25) is 0 Å². The Morgan fingerprint density at radius 1 is 0.973 bits per heavy atom. The van der Waals surface area contributed by atoms with Crippen LogP contribution >= 0.6 is 24.0 Å². The first kappa shape index (κ1) is 25.9. The van der Waals surface area contributed by atoms with Gasteiger partial charge in [-0.15, -0.1) is 0 Å². The molecule has 0 aliphatic carbocycles. The molecule has 14 heteroatoms. The van der Waals surface area contributed by atoms with Gasteiger partial charge in [0.1, 0.15) is 10.6 Å². The Morgan fingerprint density at radius 3 is 2.22 bits per heavy atom. The second kappa shape index (κ2) is 10.1. The van der Waals surface area contributed by atoms with E-state index in [9.17, 15) is 33.4 Å². The van der Waals surface area contributed by atoms with E-state index in [4.69, 9.17) is 16.4 Å². The van der Waals surface area contributed by atoms with E-state index in [0.717, 1.165) is 17.8 Å². The summed E-state index contributed by atoms with van der Waals surface area (Å²) in [6.07, 6.45) is 1.56. The largest absolute Gasteiger partial charge is 0.379 e. The predicted molar refractivity (Wildman–Crippen MR) is 141 cm³/mol. The maximum atomic E-state index is 12.9. The van der Waals surface area contributed by atoms with E-state index in [0.29, 0.717) is 21.7 Å². The Kier molecular flexibility index (Phi) is 7.07. The van der Waals surface area contributed by atoms with Gasteiger partial charge in [-0.2, -0.15) is 8.42 Å². The molecule has 0 saturated carbocycles. The molecule has 1 saturated heterocycles. The summed E-state index contributed by atoms with van der Waals surface area (Å²) in [6.45, 7) is 1.49. The number of thioether (sulfide) groups is 1. The lowest BCUT2D eigenvalue weighted by Gasteiger charge is -2.13. The lowest BCUT2D eigenvalue weighted by Crippen LogP contribution is -2.27. The van der Waals surface area contributed by atoms with Crippen molar-refractivity contribution in [2.45, 2.75) is 11.8 Å². The molecular weight excluding hydrogens is 542 g/mol. The first-order chi connectivity index (χ1) is 17.5. The van der Waals surface area contributed by atoms with E-state index in [1.807, 2.05) is 0 Å². The van der Waals surface area contributed by atoms with Gasteiger partial charge in [-0.3, -0.25) is 29.9 Å². The van der Waals surface area contributed by atoms with Crippen molar-refractivity contribution in [1.82, 2.24) is 0 Å². The Labute approximate surface area is 219 Å². The second-order valence-corrected chi connectivity index (χ2v) is 10.8. The Balaban J connectivity index is 1.51. The highest BCUT2D eigenvalue weighted by Crippen LogP contribution is 2.36. The smallest absolute Gasteiger partial charge is 0.339 e. The maximum absolute atomic E-state index is 12.9. The zero-order valence-electron chi connectivity index (χ0n) is 18.8. The minimum atomic E-state index is -4.33. The Hall–Kier alpha value is -4.14. The van der Waals surface area contributed by atoms with Gasteiger partial charge in [-0.05, 0) is 48.9 Å². The number of benzene rings is 3. The first-order valence-corrected chi connectivity index (χ1v) is 12.9. The molecule has 0 aromatic heterocycles. The molecule has 0 N–H and O–H groups in total. The standard InChI is InChI=1S/C23H15N3O8S3/c1-14-2-11-19(13-20(14)26(30)31)37(32,33)34-18-9-3-15(4-10-18)12-21-22(27)24(23(35)36-21)16-5-7-17(8-6-16)25(28)29/h2-13H,1H3/b21-12+. The van der Waals surface area contributed by atoms with Crippen LogP contribution < -0.4 is 9.08 Å². The van der Waals surface area contributed by atoms with Gasteiger partial charge in [0, 0.05) is 23.8 Å². The minimum Gasteiger partial charge on any atom is -0.379 e. The summed E-state index contributed by atoms with van der Waals surface area (Å²) in [4.78, 5) is 34.9. The summed E-state index contributed by atoms with van der Waals surface area (Å²) in [6, 6.07) is 14.7. The average Bonchev–Trinajstić information content (AvgIpc) is 3.12. The number of aryl methyl sites for hydroxylation is 1. The number of thiocarbonyl (C=S) groups is 1. The molecule has 1 aliphatic heterocycles. The maximum Gasteiger partial charge on any atom is 0.339 e. The summed E-state index contributed by atoms with van der Waals surface area (Å²) in [5, 5.41) is 22.0. The average molecular weight is 558 g/mol. The van der Waals surface area contributed by atoms with Crippen molar-refractivity contribution in [3.05, 3.63) is 103 Å². The van der Waals surface area contributed by atoms with E-state index in [1.54, 1.807) is 6.08 Å². The summed E-state index contributed by atoms with van der Waals surface area (Å²) < 4.78 is 30.6. The molecule has 1 amide bonds. The Bertz CT molecular complexity index is 1580. The van der Waals surface area contributed by atoms with E-state index >= 15 is 0 Å². The van der Waals surface area contributed by atoms with Crippen LogP contribution in [0, 0.1) is 27.2 Å². The molecular formula is C23H15N3O8S3. The quantitative estimate of drug-likeness (QED) is 0.128. The molecule has 0 bridgehead atoms. The predicted octanol–water partition coefficient (Wildman–Crippen LogP) is 4.98. The van der Waals surface area contributed by atoms with Crippen molar-refractivity contribution in [1.29, 1.82) is 0 Å². The van der Waals surface area contributed by atoms with Crippen molar-refractivity contribution in [3.8, 4) is 5.75 Å². The lowest BCUT2D eigenvalue weighted by molar-refractivity contribution is -0.385. The van der Waals surface area contributed by atoms with Gasteiger partial charge in [0.15, 0.2) is 4.32 Å². The fraction of sp³-hybridized carbons (Fsp3) is 0.0435. The topological polar surface area (TPSA) is 150 Å². The van der Waals surface area contributed by atoms with Gasteiger partial charge >= 0.3 is 10.1 Å². The van der Waals surface area contributed by atoms with E-state index < -0.39 is 25.9 Å². The zero-order valence-corrected chi connectivity index (χ0v) is 21.2. The highest BCUT2D eigenvalue weighted by molar-refractivity contribution is 8.27. The molecule has 3 aromatic rings. The van der Waals surface area contributed by atoms with Crippen LogP contribution in [0.15, 0.2) is 76.5 Å². The number of anilines is 1. The third-order valence-electron chi connectivity index (χ3n) is 5.16. The normalized spacial score (nSPS) is 14.7. The molecule has 11 nitrogen and oxygen atoms in total. The number of hydrogen-bond donors (Lipinski definition) is 0. The minimum absolute atomic E-state index is 0.0289. The zero-order chi connectivity index (χ0) is 26.9. The lowest BCUT2D eigenvalue weighted by atomic mass is 10.2. The van der Waals surface area contributed by atoms with E-state index in [-0.39, 0.29) is 26.3 Å². The van der Waals surface area contributed by atoms with Crippen molar-refractivity contribution in [2.24, 2.45) is 0 Å². The van der Waals surface area contributed by atoms with Crippen LogP contribution in [0.1, 0.15) is 11.1 Å².